The van der Waals surface area contributed by atoms with Gasteiger partial charge in [-0.15, -0.1) is 0 Å². The first-order valence-corrected chi connectivity index (χ1v) is 8.09. The van der Waals surface area contributed by atoms with E-state index in [1.807, 2.05) is 13.0 Å². The van der Waals surface area contributed by atoms with Crippen molar-refractivity contribution in [1.82, 2.24) is 0 Å². The van der Waals surface area contributed by atoms with Gasteiger partial charge in [0.05, 0.1) is 25.9 Å². The van der Waals surface area contributed by atoms with Gasteiger partial charge in [0, 0.05) is 12.0 Å². The van der Waals surface area contributed by atoms with Crippen LogP contribution in [0.15, 0.2) is 36.4 Å². The molecule has 1 aliphatic heterocycles. The van der Waals surface area contributed by atoms with Crippen LogP contribution in [-0.4, -0.2) is 31.2 Å². The van der Waals surface area contributed by atoms with Gasteiger partial charge in [0.25, 0.3) is 0 Å². The highest BCUT2D eigenvalue weighted by Gasteiger charge is 2.18. The second-order valence-electron chi connectivity index (χ2n) is 5.78. The van der Waals surface area contributed by atoms with Gasteiger partial charge >= 0.3 is 0 Å². The number of carbonyl (C=O) groups excluding carboxylic acids is 1. The molecule has 0 saturated carbocycles. The number of rotatable bonds is 4. The average molecular weight is 340 g/mol. The summed E-state index contributed by atoms with van der Waals surface area (Å²) < 4.78 is 16.8. The number of carbonyl (C=O) groups is 1. The molecule has 0 bridgehead atoms. The predicted molar refractivity (Wildman–Crippen MR) is 94.8 cm³/mol. The van der Waals surface area contributed by atoms with Crippen molar-refractivity contribution in [2.45, 2.75) is 13.3 Å². The van der Waals surface area contributed by atoms with Gasteiger partial charge in [0.15, 0.2) is 17.3 Å². The second-order valence-corrected chi connectivity index (χ2v) is 5.78. The Hall–Kier alpha value is -2.95. The Morgan fingerprint density at radius 2 is 2.00 bits per heavy atom. The lowest BCUT2D eigenvalue weighted by Crippen LogP contribution is -1.99. The first kappa shape index (κ1) is 16.9. The van der Waals surface area contributed by atoms with Gasteiger partial charge < -0.3 is 19.3 Å². The van der Waals surface area contributed by atoms with Gasteiger partial charge in [0.1, 0.15) is 5.75 Å². The number of ether oxygens (including phenoxy) is 3. The molecule has 5 nitrogen and oxygen atoms in total. The van der Waals surface area contributed by atoms with Crippen molar-refractivity contribution < 1.29 is 24.1 Å². The van der Waals surface area contributed by atoms with Gasteiger partial charge in [-0.2, -0.15) is 0 Å². The Bertz CT molecular complexity index is 823. The third-order valence-electron chi connectivity index (χ3n) is 3.94. The second kappa shape index (κ2) is 7.30. The maximum absolute atomic E-state index is 12.4. The van der Waals surface area contributed by atoms with E-state index in [1.165, 1.54) is 12.1 Å². The minimum atomic E-state index is -0.282. The molecular formula is C20H20O5. The van der Waals surface area contributed by atoms with E-state index in [0.717, 1.165) is 12.0 Å². The smallest absolute Gasteiger partial charge is 0.204 e. The van der Waals surface area contributed by atoms with Crippen LogP contribution in [0.25, 0.3) is 6.08 Å². The van der Waals surface area contributed by atoms with Crippen molar-refractivity contribution in [3.05, 3.63) is 53.1 Å². The Kier molecular flexibility index (Phi) is 4.93. The molecule has 5 heteroatoms. The highest BCUT2D eigenvalue weighted by molar-refractivity contribution is 6.08. The first-order valence-electron chi connectivity index (χ1n) is 8.09. The average Bonchev–Trinajstić information content (AvgIpc) is 2.86. The molecule has 0 aromatic heterocycles. The Balaban J connectivity index is 1.92. The summed E-state index contributed by atoms with van der Waals surface area (Å²) in [6.07, 6.45) is 3.86. The Labute approximate surface area is 146 Å². The topological polar surface area (TPSA) is 65.0 Å². The number of hydrogen-bond donors (Lipinski definition) is 1. The number of aromatic hydroxyl groups is 1. The molecule has 25 heavy (non-hydrogen) atoms. The number of fused-ring (bicyclic) bond motifs is 1. The molecule has 1 aliphatic rings. The Morgan fingerprint density at radius 3 is 2.80 bits per heavy atom. The minimum Gasteiger partial charge on any atom is -0.507 e. The third-order valence-corrected chi connectivity index (χ3v) is 3.94. The summed E-state index contributed by atoms with van der Waals surface area (Å²) in [6.45, 7) is 3.01. The predicted octanol–water partition coefficient (Wildman–Crippen LogP) is 3.77. The van der Waals surface area contributed by atoms with Crippen LogP contribution >= 0.6 is 0 Å². The van der Waals surface area contributed by atoms with Gasteiger partial charge in [-0.25, -0.2) is 0 Å². The molecule has 0 amide bonds. The third kappa shape index (κ3) is 3.60. The molecule has 0 spiro atoms. The number of aryl methyl sites for hydroxylation is 1. The van der Waals surface area contributed by atoms with Crippen molar-refractivity contribution in [3.63, 3.8) is 0 Å². The van der Waals surface area contributed by atoms with E-state index < -0.39 is 0 Å². The normalized spacial score (nSPS) is 13.5. The Morgan fingerprint density at radius 1 is 1.20 bits per heavy atom. The quantitative estimate of drug-likeness (QED) is 0.678. The number of benzene rings is 2. The van der Waals surface area contributed by atoms with Crippen LogP contribution in [-0.2, 0) is 0 Å². The summed E-state index contributed by atoms with van der Waals surface area (Å²) in [5.41, 5.74) is 1.87. The number of methoxy groups -OCH3 is 1. The van der Waals surface area contributed by atoms with Crippen LogP contribution in [0.3, 0.4) is 0 Å². The molecule has 0 radical (unpaired) electrons. The van der Waals surface area contributed by atoms with E-state index in [0.29, 0.717) is 36.0 Å². The van der Waals surface area contributed by atoms with Crippen LogP contribution < -0.4 is 14.2 Å². The molecule has 0 saturated heterocycles. The molecule has 2 aromatic rings. The van der Waals surface area contributed by atoms with Crippen molar-refractivity contribution in [2.24, 2.45) is 0 Å². The van der Waals surface area contributed by atoms with Crippen LogP contribution in [0.2, 0.25) is 0 Å². The van der Waals surface area contributed by atoms with Crippen LogP contribution in [0.5, 0.6) is 23.0 Å². The summed E-state index contributed by atoms with van der Waals surface area (Å²) in [6, 6.07) is 8.55. The molecule has 2 aromatic carbocycles. The molecule has 0 atom stereocenters. The molecule has 0 unspecified atom stereocenters. The number of hydrogen-bond acceptors (Lipinski definition) is 5. The van der Waals surface area contributed by atoms with E-state index in [1.54, 1.807) is 31.4 Å². The maximum Gasteiger partial charge on any atom is 0.204 e. The van der Waals surface area contributed by atoms with E-state index in [9.17, 15) is 9.90 Å². The van der Waals surface area contributed by atoms with E-state index in [2.05, 4.69) is 0 Å². The van der Waals surface area contributed by atoms with Crippen LogP contribution in [0.4, 0.5) is 0 Å². The summed E-state index contributed by atoms with van der Waals surface area (Å²) in [5, 5.41) is 9.88. The van der Waals surface area contributed by atoms with E-state index >= 15 is 0 Å². The van der Waals surface area contributed by atoms with Crippen molar-refractivity contribution >= 4 is 11.9 Å². The van der Waals surface area contributed by atoms with Gasteiger partial charge in [0.2, 0.25) is 5.75 Å². The zero-order valence-corrected chi connectivity index (χ0v) is 14.2. The molecule has 1 N–H and O–H groups in total. The summed E-state index contributed by atoms with van der Waals surface area (Å²) in [4.78, 5) is 12.4. The van der Waals surface area contributed by atoms with E-state index in [4.69, 9.17) is 14.2 Å². The molecule has 0 fully saturated rings. The van der Waals surface area contributed by atoms with Gasteiger partial charge in [-0.1, -0.05) is 11.6 Å². The lowest BCUT2D eigenvalue weighted by atomic mass is 10.0. The highest BCUT2D eigenvalue weighted by Crippen LogP contribution is 2.41. The zero-order valence-electron chi connectivity index (χ0n) is 14.2. The summed E-state index contributed by atoms with van der Waals surface area (Å²) in [5.74, 6) is 1.39. The monoisotopic (exact) mass is 340 g/mol. The number of allylic oxidation sites excluding steroid dienone is 1. The summed E-state index contributed by atoms with van der Waals surface area (Å²) >= 11 is 0. The lowest BCUT2D eigenvalue weighted by Gasteiger charge is -2.13. The van der Waals surface area contributed by atoms with Crippen LogP contribution in [0, 0.1) is 6.92 Å². The lowest BCUT2D eigenvalue weighted by molar-refractivity contribution is 0.104. The van der Waals surface area contributed by atoms with Gasteiger partial charge in [-0.05, 0) is 43.3 Å². The fourth-order valence-electron chi connectivity index (χ4n) is 2.67. The summed E-state index contributed by atoms with van der Waals surface area (Å²) in [7, 11) is 1.55. The fraction of sp³-hybridized carbons (Fsp3) is 0.250. The number of ketones is 1. The molecule has 130 valence electrons. The van der Waals surface area contributed by atoms with Gasteiger partial charge in [-0.3, -0.25) is 4.79 Å². The van der Waals surface area contributed by atoms with Crippen molar-refractivity contribution in [2.75, 3.05) is 20.3 Å². The maximum atomic E-state index is 12.4. The molecular weight excluding hydrogens is 320 g/mol. The number of phenolic OH excluding ortho intramolecular Hbond substituents is 1. The zero-order chi connectivity index (χ0) is 17.8. The first-order chi connectivity index (χ1) is 12.1. The largest absolute Gasteiger partial charge is 0.507 e. The fourth-order valence-corrected chi connectivity index (χ4v) is 2.67. The SMILES string of the molecule is COc1c(/C=C/C(=O)c2cc(C)ccc2O)ccc2c1OCCCO2. The van der Waals surface area contributed by atoms with Crippen molar-refractivity contribution in [1.29, 1.82) is 0 Å². The van der Waals surface area contributed by atoms with Crippen LogP contribution in [0.1, 0.15) is 27.9 Å². The van der Waals surface area contributed by atoms with E-state index in [-0.39, 0.29) is 17.1 Å². The highest BCUT2D eigenvalue weighted by atomic mass is 16.5. The minimum absolute atomic E-state index is 0.0362. The van der Waals surface area contributed by atoms with Crippen molar-refractivity contribution in [3.8, 4) is 23.0 Å². The molecule has 0 aliphatic carbocycles. The molecule has 1 heterocycles. The standard InChI is InChI=1S/C20H20O5/c1-13-4-7-16(21)15(12-13)17(22)8-5-14-6-9-18-20(19(14)23-2)25-11-3-10-24-18/h4-9,12,21H,3,10-11H2,1-2H3/b8-5+. The number of phenols is 1. The molecule has 3 rings (SSSR count).